The molecular weight excluding hydrogens is 214 g/mol. The van der Waals surface area contributed by atoms with Crippen LogP contribution in [0.2, 0.25) is 0 Å². The van der Waals surface area contributed by atoms with Crippen LogP contribution in [-0.4, -0.2) is 13.1 Å². The molecule has 1 aromatic rings. The number of hydrogen-bond acceptors (Lipinski definition) is 1. The lowest BCUT2D eigenvalue weighted by molar-refractivity contribution is 0.763. The lowest BCUT2D eigenvalue weighted by atomic mass is 9.99. The molecule has 0 radical (unpaired) electrons. The first-order chi connectivity index (χ1) is 5.86. The highest BCUT2D eigenvalue weighted by atomic mass is 79.9. The molecule has 1 saturated heterocycles. The van der Waals surface area contributed by atoms with Gasteiger partial charge < -0.3 is 5.32 Å². The molecule has 1 heterocycles. The van der Waals surface area contributed by atoms with Crippen molar-refractivity contribution in [2.45, 2.75) is 12.3 Å². The van der Waals surface area contributed by atoms with Gasteiger partial charge in [-0.05, 0) is 36.6 Å². The molecule has 0 spiro atoms. The van der Waals surface area contributed by atoms with E-state index in [1.54, 1.807) is 0 Å². The average Bonchev–Trinajstić information content (AvgIpc) is 2.58. The topological polar surface area (TPSA) is 12.0 Å². The van der Waals surface area contributed by atoms with Crippen molar-refractivity contribution in [3.05, 3.63) is 34.3 Å². The minimum Gasteiger partial charge on any atom is -0.316 e. The van der Waals surface area contributed by atoms with E-state index in [1.807, 2.05) is 0 Å². The minimum absolute atomic E-state index is 0.734. The predicted octanol–water partition coefficient (Wildman–Crippen LogP) is 2.53. The summed E-state index contributed by atoms with van der Waals surface area (Å²) < 4.78 is 1.16. The van der Waals surface area contributed by atoms with Gasteiger partial charge in [0.15, 0.2) is 0 Å². The summed E-state index contributed by atoms with van der Waals surface area (Å²) in [7, 11) is 0. The van der Waals surface area contributed by atoms with E-state index >= 15 is 0 Å². The van der Waals surface area contributed by atoms with Gasteiger partial charge >= 0.3 is 0 Å². The SMILES string of the molecule is Brc1ccc([C@@H]2CCNC2)cc1. The van der Waals surface area contributed by atoms with Crippen molar-refractivity contribution in [3.63, 3.8) is 0 Å². The normalized spacial score (nSPS) is 22.9. The summed E-state index contributed by atoms with van der Waals surface area (Å²) >= 11 is 3.44. The molecule has 2 rings (SSSR count). The number of hydrogen-bond donors (Lipinski definition) is 1. The molecule has 0 saturated carbocycles. The third-order valence-corrected chi connectivity index (χ3v) is 2.93. The van der Waals surface area contributed by atoms with E-state index in [9.17, 15) is 0 Å². The number of halogens is 1. The fraction of sp³-hybridized carbons (Fsp3) is 0.400. The second-order valence-corrected chi connectivity index (χ2v) is 4.16. The smallest absolute Gasteiger partial charge is 0.0175 e. The van der Waals surface area contributed by atoms with E-state index < -0.39 is 0 Å². The summed E-state index contributed by atoms with van der Waals surface area (Å²) in [6.07, 6.45) is 1.28. The molecule has 1 atom stereocenters. The third kappa shape index (κ3) is 1.70. The Balaban J connectivity index is 2.17. The van der Waals surface area contributed by atoms with Gasteiger partial charge in [0.25, 0.3) is 0 Å². The highest BCUT2D eigenvalue weighted by molar-refractivity contribution is 9.10. The number of nitrogens with one attached hydrogen (secondary N) is 1. The first kappa shape index (κ1) is 8.27. The van der Waals surface area contributed by atoms with Crippen molar-refractivity contribution >= 4 is 15.9 Å². The van der Waals surface area contributed by atoms with Crippen LogP contribution in [0.25, 0.3) is 0 Å². The van der Waals surface area contributed by atoms with Crippen molar-refractivity contribution in [2.75, 3.05) is 13.1 Å². The van der Waals surface area contributed by atoms with Gasteiger partial charge in [0, 0.05) is 11.0 Å². The Kier molecular flexibility index (Phi) is 2.47. The molecule has 0 bridgehead atoms. The van der Waals surface area contributed by atoms with Crippen molar-refractivity contribution in [1.29, 1.82) is 0 Å². The largest absolute Gasteiger partial charge is 0.316 e. The minimum atomic E-state index is 0.734. The van der Waals surface area contributed by atoms with E-state index in [1.165, 1.54) is 18.5 Å². The number of benzene rings is 1. The quantitative estimate of drug-likeness (QED) is 0.775. The summed E-state index contributed by atoms with van der Waals surface area (Å²) in [6, 6.07) is 8.66. The molecule has 1 fully saturated rings. The van der Waals surface area contributed by atoms with E-state index in [-0.39, 0.29) is 0 Å². The van der Waals surface area contributed by atoms with Gasteiger partial charge in [-0.3, -0.25) is 0 Å². The summed E-state index contributed by atoms with van der Waals surface area (Å²) in [5, 5.41) is 3.37. The Morgan fingerprint density at radius 2 is 2.00 bits per heavy atom. The van der Waals surface area contributed by atoms with Crippen LogP contribution in [0.15, 0.2) is 28.7 Å². The van der Waals surface area contributed by atoms with Crippen LogP contribution in [0.4, 0.5) is 0 Å². The molecule has 1 N–H and O–H groups in total. The lowest BCUT2D eigenvalue weighted by Crippen LogP contribution is -2.07. The molecule has 1 aliphatic heterocycles. The maximum absolute atomic E-state index is 3.44. The van der Waals surface area contributed by atoms with Crippen LogP contribution in [0.3, 0.4) is 0 Å². The Labute approximate surface area is 81.3 Å². The maximum Gasteiger partial charge on any atom is 0.0175 e. The van der Waals surface area contributed by atoms with Gasteiger partial charge in [0.05, 0.1) is 0 Å². The van der Waals surface area contributed by atoms with Crippen LogP contribution in [0.1, 0.15) is 17.9 Å². The highest BCUT2D eigenvalue weighted by Crippen LogP contribution is 2.23. The van der Waals surface area contributed by atoms with E-state index in [0.29, 0.717) is 0 Å². The van der Waals surface area contributed by atoms with Crippen LogP contribution >= 0.6 is 15.9 Å². The Hall–Kier alpha value is -0.340. The molecule has 12 heavy (non-hydrogen) atoms. The highest BCUT2D eigenvalue weighted by Gasteiger charge is 2.15. The number of rotatable bonds is 1. The molecular formula is C10H12BrN. The molecule has 1 nitrogen and oxygen atoms in total. The molecule has 64 valence electrons. The van der Waals surface area contributed by atoms with Gasteiger partial charge in [-0.15, -0.1) is 0 Å². The Morgan fingerprint density at radius 3 is 2.58 bits per heavy atom. The molecule has 0 aliphatic carbocycles. The first-order valence-electron chi connectivity index (χ1n) is 4.32. The summed E-state index contributed by atoms with van der Waals surface area (Å²) in [5.41, 5.74) is 1.46. The standard InChI is InChI=1S/C10H12BrN/c11-10-3-1-8(2-4-10)9-5-6-12-7-9/h1-4,9,12H,5-7H2/t9-/m1/s1. The molecule has 0 unspecified atom stereocenters. The van der Waals surface area contributed by atoms with Crippen LogP contribution in [0, 0.1) is 0 Å². The van der Waals surface area contributed by atoms with E-state index in [2.05, 4.69) is 45.5 Å². The maximum atomic E-state index is 3.44. The van der Waals surface area contributed by atoms with Gasteiger partial charge in [0.2, 0.25) is 0 Å². The van der Waals surface area contributed by atoms with Crippen LogP contribution < -0.4 is 5.32 Å². The fourth-order valence-electron chi connectivity index (χ4n) is 1.67. The zero-order valence-corrected chi connectivity index (χ0v) is 8.47. The second kappa shape index (κ2) is 3.58. The average molecular weight is 226 g/mol. The van der Waals surface area contributed by atoms with Gasteiger partial charge in [-0.2, -0.15) is 0 Å². The van der Waals surface area contributed by atoms with Crippen LogP contribution in [0.5, 0.6) is 0 Å². The second-order valence-electron chi connectivity index (χ2n) is 3.24. The van der Waals surface area contributed by atoms with Gasteiger partial charge in [-0.25, -0.2) is 0 Å². The summed E-state index contributed by atoms with van der Waals surface area (Å²) in [4.78, 5) is 0. The lowest BCUT2D eigenvalue weighted by Gasteiger charge is -2.07. The van der Waals surface area contributed by atoms with Crippen molar-refractivity contribution in [1.82, 2.24) is 5.32 Å². The Morgan fingerprint density at radius 1 is 1.25 bits per heavy atom. The van der Waals surface area contributed by atoms with E-state index in [4.69, 9.17) is 0 Å². The van der Waals surface area contributed by atoms with Crippen molar-refractivity contribution in [3.8, 4) is 0 Å². The molecule has 1 aliphatic rings. The van der Waals surface area contributed by atoms with Gasteiger partial charge in [0.1, 0.15) is 0 Å². The van der Waals surface area contributed by atoms with Crippen molar-refractivity contribution in [2.24, 2.45) is 0 Å². The summed E-state index contributed by atoms with van der Waals surface area (Å²) in [5.74, 6) is 0.734. The molecule has 0 aromatic heterocycles. The molecule has 1 aromatic carbocycles. The Bertz CT molecular complexity index is 249. The molecule has 0 amide bonds. The third-order valence-electron chi connectivity index (χ3n) is 2.40. The van der Waals surface area contributed by atoms with Crippen LogP contribution in [-0.2, 0) is 0 Å². The van der Waals surface area contributed by atoms with Crippen molar-refractivity contribution < 1.29 is 0 Å². The summed E-state index contributed by atoms with van der Waals surface area (Å²) in [6.45, 7) is 2.31. The van der Waals surface area contributed by atoms with E-state index in [0.717, 1.165) is 16.9 Å². The fourth-order valence-corrected chi connectivity index (χ4v) is 1.94. The monoisotopic (exact) mass is 225 g/mol. The van der Waals surface area contributed by atoms with Gasteiger partial charge in [-0.1, -0.05) is 28.1 Å². The zero-order valence-electron chi connectivity index (χ0n) is 6.89. The first-order valence-corrected chi connectivity index (χ1v) is 5.12. The zero-order chi connectivity index (χ0) is 8.39. The predicted molar refractivity (Wildman–Crippen MR) is 54.4 cm³/mol. The molecule has 2 heteroatoms.